The molecule has 3 atom stereocenters. The summed E-state index contributed by atoms with van der Waals surface area (Å²) in [4.78, 5) is 37.0. The van der Waals surface area contributed by atoms with Crippen LogP contribution in [0.2, 0.25) is 0 Å². The summed E-state index contributed by atoms with van der Waals surface area (Å²) in [6.45, 7) is 10.9. The minimum Gasteiger partial charge on any atom is -0.444 e. The van der Waals surface area contributed by atoms with Gasteiger partial charge < -0.3 is 35.2 Å². The molecule has 1 aromatic rings. The van der Waals surface area contributed by atoms with Crippen LogP contribution in [-0.2, 0) is 18.9 Å². The van der Waals surface area contributed by atoms with Gasteiger partial charge in [0.05, 0.1) is 0 Å². The zero-order chi connectivity index (χ0) is 26.2. The molecular weight excluding hydrogens is 453 g/mol. The normalized spacial score (nSPS) is 16.8. The van der Waals surface area contributed by atoms with Crippen molar-refractivity contribution in [2.24, 2.45) is 0 Å². The van der Waals surface area contributed by atoms with Crippen molar-refractivity contribution in [2.45, 2.75) is 90.4 Å². The molecule has 0 saturated heterocycles. The van der Waals surface area contributed by atoms with Crippen molar-refractivity contribution in [3.8, 4) is 0 Å². The van der Waals surface area contributed by atoms with Crippen molar-refractivity contribution in [3.63, 3.8) is 0 Å². The number of carbonyl (C=O) groups excluding carboxylic acids is 3. The number of carbonyl (C=O) groups is 3. The van der Waals surface area contributed by atoms with E-state index in [1.807, 2.05) is 24.3 Å². The van der Waals surface area contributed by atoms with Crippen LogP contribution in [0.15, 0.2) is 24.3 Å². The molecule has 10 nitrogen and oxygen atoms in total. The van der Waals surface area contributed by atoms with Crippen LogP contribution < -0.4 is 21.4 Å². The predicted molar refractivity (Wildman–Crippen MR) is 132 cm³/mol. The van der Waals surface area contributed by atoms with Gasteiger partial charge in [0.2, 0.25) is 5.91 Å². The predicted octanol–water partition coefficient (Wildman–Crippen LogP) is 1.76. The van der Waals surface area contributed by atoms with Gasteiger partial charge in [-0.05, 0) is 71.8 Å². The maximum atomic E-state index is 13.0. The fourth-order valence-electron chi connectivity index (χ4n) is 3.49. The molecule has 1 aromatic carbocycles. The van der Waals surface area contributed by atoms with E-state index >= 15 is 0 Å². The van der Waals surface area contributed by atoms with Gasteiger partial charge in [0, 0.05) is 6.54 Å². The zero-order valence-electron chi connectivity index (χ0n) is 21.5. The van der Waals surface area contributed by atoms with Crippen LogP contribution >= 0.6 is 0 Å². The standard InChI is InChI=1S/C24H38BN3O7/c1-23(2,3)33-21(31)26-14-10-9-13-17(27-22(32)34-24(4,5)6)19(29)28-20(30)18-15-11-7-8-12-16(15)25-35-18/h7-8,11-12,17-18,20,25,30H,9-10,13-14H2,1-6H3,(H,26,31)(H,27,32)(H,28,29). The Morgan fingerprint density at radius 1 is 1.00 bits per heavy atom. The summed E-state index contributed by atoms with van der Waals surface area (Å²) < 4.78 is 16.1. The lowest BCUT2D eigenvalue weighted by atomic mass is 9.87. The van der Waals surface area contributed by atoms with E-state index in [0.29, 0.717) is 26.9 Å². The molecule has 0 fully saturated rings. The van der Waals surface area contributed by atoms with Crippen molar-refractivity contribution >= 4 is 31.0 Å². The van der Waals surface area contributed by atoms with Crippen LogP contribution in [-0.4, -0.2) is 60.7 Å². The van der Waals surface area contributed by atoms with Gasteiger partial charge in [0.1, 0.15) is 23.3 Å². The molecule has 3 amide bonds. The molecule has 0 aliphatic carbocycles. The first-order valence-electron chi connectivity index (χ1n) is 11.9. The molecule has 2 rings (SSSR count). The van der Waals surface area contributed by atoms with Gasteiger partial charge in [0.15, 0.2) is 6.23 Å². The minimum absolute atomic E-state index is 0.274. The largest absolute Gasteiger partial charge is 0.444 e. The zero-order valence-corrected chi connectivity index (χ0v) is 21.5. The van der Waals surface area contributed by atoms with E-state index in [1.165, 1.54) is 0 Å². The van der Waals surface area contributed by atoms with Gasteiger partial charge in [-0.15, -0.1) is 0 Å². The SMILES string of the molecule is CC(C)(C)OC(=O)NCCCCC(NC(=O)OC(C)(C)C)C(=O)NC(O)C1OBc2ccccc21. The van der Waals surface area contributed by atoms with Crippen molar-refractivity contribution in [1.29, 1.82) is 0 Å². The molecular formula is C24H38BN3O7. The number of fused-ring (bicyclic) bond motifs is 1. The molecule has 194 valence electrons. The van der Waals surface area contributed by atoms with Crippen LogP contribution in [0.3, 0.4) is 0 Å². The van der Waals surface area contributed by atoms with E-state index in [0.717, 1.165) is 11.0 Å². The van der Waals surface area contributed by atoms with Gasteiger partial charge in [-0.1, -0.05) is 24.3 Å². The number of hydrogen-bond donors (Lipinski definition) is 4. The first-order valence-corrected chi connectivity index (χ1v) is 11.9. The highest BCUT2D eigenvalue weighted by Gasteiger charge is 2.33. The highest BCUT2D eigenvalue weighted by atomic mass is 16.6. The van der Waals surface area contributed by atoms with Gasteiger partial charge in [-0.3, -0.25) is 4.79 Å². The lowest BCUT2D eigenvalue weighted by Crippen LogP contribution is -2.51. The Kier molecular flexibility index (Phi) is 9.97. The smallest absolute Gasteiger partial charge is 0.408 e. The quantitative estimate of drug-likeness (QED) is 0.235. The van der Waals surface area contributed by atoms with E-state index < -0.39 is 47.7 Å². The van der Waals surface area contributed by atoms with Crippen LogP contribution in [0.5, 0.6) is 0 Å². The van der Waals surface area contributed by atoms with Crippen LogP contribution in [0.4, 0.5) is 9.59 Å². The summed E-state index contributed by atoms with van der Waals surface area (Å²) in [6, 6.07) is 6.53. The number of amides is 3. The first-order chi connectivity index (χ1) is 16.2. The number of rotatable bonds is 9. The van der Waals surface area contributed by atoms with E-state index in [1.54, 1.807) is 41.5 Å². The van der Waals surface area contributed by atoms with Crippen molar-refractivity contribution in [3.05, 3.63) is 29.8 Å². The second-order valence-electron chi connectivity index (χ2n) is 10.5. The fourth-order valence-corrected chi connectivity index (χ4v) is 3.49. The number of aliphatic hydroxyl groups excluding tert-OH is 1. The molecule has 1 aliphatic heterocycles. The number of hydrogen-bond acceptors (Lipinski definition) is 7. The Hall–Kier alpha value is -2.79. The summed E-state index contributed by atoms with van der Waals surface area (Å²) in [6.07, 6.45) is -1.89. The lowest BCUT2D eigenvalue weighted by molar-refractivity contribution is -0.128. The molecule has 0 bridgehead atoms. The highest BCUT2D eigenvalue weighted by Crippen LogP contribution is 2.23. The van der Waals surface area contributed by atoms with Crippen molar-refractivity contribution in [1.82, 2.24) is 16.0 Å². The minimum atomic E-state index is -1.29. The second-order valence-corrected chi connectivity index (χ2v) is 10.5. The number of nitrogens with one attached hydrogen (secondary N) is 3. The molecule has 1 aliphatic rings. The lowest BCUT2D eigenvalue weighted by Gasteiger charge is -2.26. The van der Waals surface area contributed by atoms with E-state index in [4.69, 9.17) is 14.1 Å². The summed E-state index contributed by atoms with van der Waals surface area (Å²) in [5.74, 6) is -0.559. The van der Waals surface area contributed by atoms with Crippen molar-refractivity contribution < 1.29 is 33.6 Å². The second kappa shape index (κ2) is 12.3. The Labute approximate surface area is 207 Å². The Bertz CT molecular complexity index is 883. The Morgan fingerprint density at radius 3 is 2.29 bits per heavy atom. The summed E-state index contributed by atoms with van der Waals surface area (Å²) in [5, 5.41) is 18.4. The maximum absolute atomic E-state index is 13.0. The van der Waals surface area contributed by atoms with E-state index in [-0.39, 0.29) is 6.42 Å². The van der Waals surface area contributed by atoms with Gasteiger partial charge in [0.25, 0.3) is 0 Å². The first kappa shape index (κ1) is 28.5. The van der Waals surface area contributed by atoms with Crippen LogP contribution in [0, 0.1) is 0 Å². The fraction of sp³-hybridized carbons (Fsp3) is 0.625. The third-order valence-corrected chi connectivity index (χ3v) is 4.95. The number of aliphatic hydroxyl groups is 1. The highest BCUT2D eigenvalue weighted by molar-refractivity contribution is 6.49. The van der Waals surface area contributed by atoms with Crippen LogP contribution in [0.1, 0.15) is 72.5 Å². The van der Waals surface area contributed by atoms with Gasteiger partial charge in [-0.2, -0.15) is 0 Å². The topological polar surface area (TPSA) is 135 Å². The Morgan fingerprint density at radius 2 is 1.63 bits per heavy atom. The van der Waals surface area contributed by atoms with E-state index in [9.17, 15) is 19.5 Å². The molecule has 0 saturated carbocycles. The number of benzene rings is 1. The maximum Gasteiger partial charge on any atom is 0.408 e. The molecule has 35 heavy (non-hydrogen) atoms. The number of ether oxygens (including phenoxy) is 2. The summed E-state index contributed by atoms with van der Waals surface area (Å²) >= 11 is 0. The molecule has 1 heterocycles. The molecule has 0 spiro atoms. The average molecular weight is 491 g/mol. The monoisotopic (exact) mass is 491 g/mol. The van der Waals surface area contributed by atoms with Crippen LogP contribution in [0.25, 0.3) is 0 Å². The third kappa shape index (κ3) is 10.2. The Balaban J connectivity index is 1.92. The number of alkyl carbamates (subject to hydrolysis) is 2. The van der Waals surface area contributed by atoms with E-state index in [2.05, 4.69) is 16.0 Å². The summed E-state index contributed by atoms with van der Waals surface area (Å²) in [7, 11) is 0.345. The average Bonchev–Trinajstić information content (AvgIpc) is 3.14. The molecule has 0 radical (unpaired) electrons. The van der Waals surface area contributed by atoms with Crippen molar-refractivity contribution in [2.75, 3.05) is 6.54 Å². The molecule has 0 aromatic heterocycles. The number of unbranched alkanes of at least 4 members (excludes halogenated alkanes) is 1. The van der Waals surface area contributed by atoms with Gasteiger partial charge in [-0.25, -0.2) is 9.59 Å². The molecule has 3 unspecified atom stereocenters. The van der Waals surface area contributed by atoms with Gasteiger partial charge >= 0.3 is 19.7 Å². The third-order valence-electron chi connectivity index (χ3n) is 4.95. The summed E-state index contributed by atoms with van der Waals surface area (Å²) in [5.41, 5.74) is 0.440. The molecule has 11 heteroatoms. The molecule has 4 N–H and O–H groups in total.